The van der Waals surface area contributed by atoms with Crippen molar-refractivity contribution >= 4 is 29.3 Å². The van der Waals surface area contributed by atoms with Crippen LogP contribution in [0.4, 0.5) is 13.2 Å². The van der Waals surface area contributed by atoms with E-state index in [1.165, 1.54) is 23.9 Å². The molecule has 4 rings (SSSR count). The topological polar surface area (TPSA) is 59.8 Å². The lowest BCUT2D eigenvalue weighted by Crippen LogP contribution is -2.29. The van der Waals surface area contributed by atoms with Crippen molar-refractivity contribution in [1.82, 2.24) is 20.1 Å². The van der Waals surface area contributed by atoms with Crippen molar-refractivity contribution in [3.8, 4) is 5.69 Å². The van der Waals surface area contributed by atoms with Gasteiger partial charge < -0.3 is 5.32 Å². The van der Waals surface area contributed by atoms with E-state index < -0.39 is 23.7 Å². The van der Waals surface area contributed by atoms with Gasteiger partial charge in [0.2, 0.25) is 0 Å². The number of nitrogens with one attached hydrogen (secondary N) is 1. The van der Waals surface area contributed by atoms with Crippen molar-refractivity contribution in [3.05, 3.63) is 106 Å². The summed E-state index contributed by atoms with van der Waals surface area (Å²) in [6.45, 7) is 3.63. The number of benzene rings is 3. The second-order valence-corrected chi connectivity index (χ2v) is 9.53. The lowest BCUT2D eigenvalue weighted by Gasteiger charge is -2.18. The summed E-state index contributed by atoms with van der Waals surface area (Å²) in [6, 6.07) is 19.0. The lowest BCUT2D eigenvalue weighted by molar-refractivity contribution is -0.137. The average molecular weight is 531 g/mol. The summed E-state index contributed by atoms with van der Waals surface area (Å²) in [5.41, 5.74) is 1.78. The minimum atomic E-state index is -4.54. The number of carbonyl (C=O) groups excluding carboxylic acids is 1. The van der Waals surface area contributed by atoms with Gasteiger partial charge in [0.05, 0.1) is 17.3 Å². The van der Waals surface area contributed by atoms with E-state index in [9.17, 15) is 18.0 Å². The summed E-state index contributed by atoms with van der Waals surface area (Å²) in [5, 5.41) is 12.6. The fraction of sp³-hybridized carbons (Fsp3) is 0.192. The number of alkyl halides is 3. The zero-order chi connectivity index (χ0) is 25.9. The normalized spacial score (nSPS) is 12.4. The van der Waals surface area contributed by atoms with Gasteiger partial charge in [-0.15, -0.1) is 10.2 Å². The Morgan fingerprint density at radius 2 is 1.81 bits per heavy atom. The number of carbonyl (C=O) groups is 1. The van der Waals surface area contributed by atoms with Crippen LogP contribution in [0.5, 0.6) is 0 Å². The highest BCUT2D eigenvalue weighted by molar-refractivity contribution is 7.98. The first-order valence-electron chi connectivity index (χ1n) is 11.0. The molecular formula is C26H22ClF3N4OS. The maximum absolute atomic E-state index is 13.1. The van der Waals surface area contributed by atoms with Crippen LogP contribution in [-0.4, -0.2) is 20.7 Å². The van der Waals surface area contributed by atoms with Crippen LogP contribution in [0.1, 0.15) is 45.8 Å². The third-order valence-corrected chi connectivity index (χ3v) is 6.70. The number of hydrogen-bond donors (Lipinski definition) is 1. The van der Waals surface area contributed by atoms with Crippen LogP contribution in [0, 0.1) is 6.92 Å². The monoisotopic (exact) mass is 530 g/mol. The molecule has 0 bridgehead atoms. The molecule has 0 aliphatic carbocycles. The smallest absolute Gasteiger partial charge is 0.342 e. The zero-order valence-electron chi connectivity index (χ0n) is 19.4. The summed E-state index contributed by atoms with van der Waals surface area (Å²) in [6.07, 6.45) is -4.54. The van der Waals surface area contributed by atoms with E-state index in [2.05, 4.69) is 15.5 Å². The number of nitrogens with zero attached hydrogens (tertiary/aromatic N) is 3. The Hall–Kier alpha value is -3.30. The molecule has 36 heavy (non-hydrogen) atoms. The highest BCUT2D eigenvalue weighted by Gasteiger charge is 2.31. The van der Waals surface area contributed by atoms with Crippen molar-refractivity contribution in [2.24, 2.45) is 0 Å². The van der Waals surface area contributed by atoms with Gasteiger partial charge in [0, 0.05) is 16.3 Å². The van der Waals surface area contributed by atoms with E-state index in [1.54, 1.807) is 19.1 Å². The van der Waals surface area contributed by atoms with Crippen LogP contribution in [0.2, 0.25) is 5.02 Å². The summed E-state index contributed by atoms with van der Waals surface area (Å²) in [5.74, 6) is 0.421. The molecular weight excluding hydrogens is 509 g/mol. The Balaban J connectivity index is 1.65. The van der Waals surface area contributed by atoms with E-state index >= 15 is 0 Å². The van der Waals surface area contributed by atoms with Gasteiger partial charge in [-0.25, -0.2) is 0 Å². The Labute approximate surface area is 215 Å². The number of hydrogen-bond acceptors (Lipinski definition) is 4. The maximum atomic E-state index is 13.1. The van der Waals surface area contributed by atoms with Gasteiger partial charge in [0.15, 0.2) is 11.0 Å². The van der Waals surface area contributed by atoms with Crippen LogP contribution in [0.15, 0.2) is 78.0 Å². The van der Waals surface area contributed by atoms with Gasteiger partial charge in [0.25, 0.3) is 5.91 Å². The molecule has 5 nitrogen and oxygen atoms in total. The number of amides is 1. The third-order valence-electron chi connectivity index (χ3n) is 5.47. The van der Waals surface area contributed by atoms with Gasteiger partial charge in [-0.3, -0.25) is 9.36 Å². The predicted molar refractivity (Wildman–Crippen MR) is 134 cm³/mol. The molecule has 0 fully saturated rings. The number of thioether (sulfide) groups is 1. The number of aromatic nitrogens is 3. The molecule has 0 saturated heterocycles. The van der Waals surface area contributed by atoms with Gasteiger partial charge in [-0.05, 0) is 55.3 Å². The third kappa shape index (κ3) is 5.91. The van der Waals surface area contributed by atoms with E-state index in [0.717, 1.165) is 28.9 Å². The van der Waals surface area contributed by atoms with Crippen LogP contribution >= 0.6 is 23.4 Å². The maximum Gasteiger partial charge on any atom is 0.416 e. The van der Waals surface area contributed by atoms with Gasteiger partial charge in [-0.2, -0.15) is 13.2 Å². The first-order valence-corrected chi connectivity index (χ1v) is 12.4. The molecule has 1 amide bonds. The number of halogens is 4. The quantitative estimate of drug-likeness (QED) is 0.261. The largest absolute Gasteiger partial charge is 0.416 e. The summed E-state index contributed by atoms with van der Waals surface area (Å²) < 4.78 is 41.1. The molecule has 0 aliphatic heterocycles. The van der Waals surface area contributed by atoms with E-state index in [4.69, 9.17) is 11.6 Å². The van der Waals surface area contributed by atoms with Crippen molar-refractivity contribution in [1.29, 1.82) is 0 Å². The second-order valence-electron chi connectivity index (χ2n) is 8.15. The summed E-state index contributed by atoms with van der Waals surface area (Å²) >= 11 is 7.76. The molecule has 0 aliphatic rings. The molecule has 1 heterocycles. The fourth-order valence-corrected chi connectivity index (χ4v) is 4.68. The van der Waals surface area contributed by atoms with Gasteiger partial charge >= 0.3 is 6.18 Å². The van der Waals surface area contributed by atoms with Gasteiger partial charge in [-0.1, -0.05) is 65.8 Å². The summed E-state index contributed by atoms with van der Waals surface area (Å²) in [7, 11) is 0. The Morgan fingerprint density at radius 3 is 2.53 bits per heavy atom. The molecule has 0 saturated carbocycles. The molecule has 186 valence electrons. The molecule has 1 aromatic heterocycles. The van der Waals surface area contributed by atoms with Crippen LogP contribution < -0.4 is 5.32 Å². The van der Waals surface area contributed by atoms with Crippen LogP contribution in [-0.2, 0) is 11.9 Å². The number of rotatable bonds is 7. The standard InChI is InChI=1S/C26H22ClF3N4OS/c1-16-11-12-21(27)14-22(16)34-23(32-33-25(34)36-15-18-7-4-3-5-8-18)17(2)31-24(35)19-9-6-10-20(13-19)26(28,29)30/h3-14,17H,15H2,1-2H3,(H,31,35). The van der Waals surface area contributed by atoms with Crippen LogP contribution in [0.25, 0.3) is 5.69 Å². The SMILES string of the molecule is Cc1ccc(Cl)cc1-n1c(SCc2ccccc2)nnc1C(C)NC(=O)c1cccc(C(F)(F)F)c1. The average Bonchev–Trinajstić information content (AvgIpc) is 3.28. The molecule has 0 spiro atoms. The second kappa shape index (κ2) is 10.8. The molecule has 3 aromatic carbocycles. The molecule has 1 unspecified atom stereocenters. The predicted octanol–water partition coefficient (Wildman–Crippen LogP) is 7.03. The van der Waals surface area contributed by atoms with Crippen molar-refractivity contribution < 1.29 is 18.0 Å². The summed E-state index contributed by atoms with van der Waals surface area (Å²) in [4.78, 5) is 12.8. The number of aryl methyl sites for hydroxylation is 1. The van der Waals surface area contributed by atoms with Crippen LogP contribution in [0.3, 0.4) is 0 Å². The molecule has 0 radical (unpaired) electrons. The molecule has 1 atom stereocenters. The first-order chi connectivity index (χ1) is 17.1. The minimum Gasteiger partial charge on any atom is -0.342 e. The highest BCUT2D eigenvalue weighted by atomic mass is 35.5. The zero-order valence-corrected chi connectivity index (χ0v) is 21.0. The molecule has 4 aromatic rings. The van der Waals surface area contributed by atoms with Gasteiger partial charge in [0.1, 0.15) is 0 Å². The van der Waals surface area contributed by atoms with E-state index in [-0.39, 0.29) is 5.56 Å². The van der Waals surface area contributed by atoms with Crippen molar-refractivity contribution in [2.45, 2.75) is 37.0 Å². The minimum absolute atomic E-state index is 0.0969. The van der Waals surface area contributed by atoms with E-state index in [1.807, 2.05) is 47.9 Å². The molecule has 1 N–H and O–H groups in total. The fourth-order valence-electron chi connectivity index (χ4n) is 3.61. The Bertz CT molecular complexity index is 1380. The van der Waals surface area contributed by atoms with Crippen molar-refractivity contribution in [3.63, 3.8) is 0 Å². The van der Waals surface area contributed by atoms with Crippen molar-refractivity contribution in [2.75, 3.05) is 0 Å². The Kier molecular flexibility index (Phi) is 7.70. The van der Waals surface area contributed by atoms with E-state index in [0.29, 0.717) is 21.8 Å². The molecule has 10 heteroatoms. The Morgan fingerprint density at radius 1 is 1.06 bits per heavy atom. The highest BCUT2D eigenvalue weighted by Crippen LogP contribution is 2.31. The first kappa shape index (κ1) is 25.8. The lowest BCUT2D eigenvalue weighted by atomic mass is 10.1.